The number of aromatic nitrogens is 2. The predicted molar refractivity (Wildman–Crippen MR) is 88.9 cm³/mol. The number of benzene rings is 1. The Morgan fingerprint density at radius 1 is 1.17 bits per heavy atom. The molecule has 0 spiro atoms. The number of nitrogens with zero attached hydrogens (tertiary/aromatic N) is 1. The van der Waals surface area contributed by atoms with Crippen molar-refractivity contribution >= 4 is 28.1 Å². The maximum atomic E-state index is 12.2. The van der Waals surface area contributed by atoms with Crippen molar-refractivity contribution in [2.75, 3.05) is 11.9 Å². The second-order valence-corrected chi connectivity index (χ2v) is 5.52. The average molecular weight is 305 g/mol. The molecule has 0 atom stereocenters. The Balaban J connectivity index is 2.07. The Morgan fingerprint density at radius 3 is 2.83 bits per heavy atom. The van der Waals surface area contributed by atoms with E-state index in [4.69, 9.17) is 0 Å². The van der Waals surface area contributed by atoms with Crippen LogP contribution in [0.15, 0.2) is 54.4 Å². The molecule has 23 heavy (non-hydrogen) atoms. The number of carbonyl (C=O) groups excluding carboxylic acids is 1. The molecule has 0 saturated heterocycles. The molecule has 3 aromatic rings. The lowest BCUT2D eigenvalue weighted by atomic mass is 9.97. The first-order valence-corrected chi connectivity index (χ1v) is 7.42. The van der Waals surface area contributed by atoms with Gasteiger partial charge in [-0.2, -0.15) is 0 Å². The zero-order chi connectivity index (χ0) is 15.8. The molecule has 2 aromatic heterocycles. The molecule has 0 unspecified atom stereocenters. The van der Waals surface area contributed by atoms with Gasteiger partial charge in [-0.25, -0.2) is 0 Å². The van der Waals surface area contributed by atoms with Gasteiger partial charge in [0.2, 0.25) is 5.91 Å². The second kappa shape index (κ2) is 5.37. The predicted octanol–water partition coefficient (Wildman–Crippen LogP) is 2.70. The number of hydrogen-bond donors (Lipinski definition) is 3. The summed E-state index contributed by atoms with van der Waals surface area (Å²) >= 11 is 0. The van der Waals surface area contributed by atoms with E-state index in [1.807, 2.05) is 36.4 Å². The van der Waals surface area contributed by atoms with E-state index in [0.29, 0.717) is 5.57 Å². The quantitative estimate of drug-likeness (QED) is 0.681. The summed E-state index contributed by atoms with van der Waals surface area (Å²) in [7, 11) is 0. The summed E-state index contributed by atoms with van der Waals surface area (Å²) in [5.74, 6) is -0.126. The first kappa shape index (κ1) is 13.7. The fourth-order valence-corrected chi connectivity index (χ4v) is 3.10. The van der Waals surface area contributed by atoms with Gasteiger partial charge in [-0.15, -0.1) is 0 Å². The topological polar surface area (TPSA) is 78.0 Å². The first-order chi connectivity index (χ1) is 11.3. The Labute approximate surface area is 132 Å². The van der Waals surface area contributed by atoms with Crippen LogP contribution in [-0.4, -0.2) is 27.6 Å². The summed E-state index contributed by atoms with van der Waals surface area (Å²) in [6.45, 7) is -0.174. The molecule has 5 heteroatoms. The van der Waals surface area contributed by atoms with Crippen LogP contribution in [-0.2, 0) is 4.79 Å². The third kappa shape index (κ3) is 2.22. The number of aromatic amines is 1. The number of amides is 1. The van der Waals surface area contributed by atoms with Crippen molar-refractivity contribution in [3.05, 3.63) is 65.6 Å². The Hall–Kier alpha value is -2.92. The van der Waals surface area contributed by atoms with E-state index in [0.717, 1.165) is 33.4 Å². The fraction of sp³-hybridized carbons (Fsp3) is 0.111. The van der Waals surface area contributed by atoms with Gasteiger partial charge in [0.05, 0.1) is 24.4 Å². The minimum atomic E-state index is -0.174. The summed E-state index contributed by atoms with van der Waals surface area (Å²) in [5.41, 5.74) is 4.91. The summed E-state index contributed by atoms with van der Waals surface area (Å²) in [6, 6.07) is 11.6. The number of aliphatic hydroxyl groups is 1. The molecule has 1 aliphatic heterocycles. The van der Waals surface area contributed by atoms with Gasteiger partial charge in [-0.05, 0) is 17.7 Å². The Bertz CT molecular complexity index is 926. The van der Waals surface area contributed by atoms with E-state index < -0.39 is 0 Å². The molecule has 0 saturated carbocycles. The molecular formula is C18H15N3O2. The molecular weight excluding hydrogens is 290 g/mol. The van der Waals surface area contributed by atoms with Crippen LogP contribution < -0.4 is 5.32 Å². The van der Waals surface area contributed by atoms with Crippen molar-refractivity contribution in [2.24, 2.45) is 0 Å². The van der Waals surface area contributed by atoms with Crippen molar-refractivity contribution in [3.63, 3.8) is 0 Å². The SMILES string of the molecule is O=C1CC(CO)=C(c2cccnc2)c2[nH]c3ccccc3c2N1. The molecule has 3 N–H and O–H groups in total. The van der Waals surface area contributed by atoms with Crippen molar-refractivity contribution < 1.29 is 9.90 Å². The summed E-state index contributed by atoms with van der Waals surface area (Å²) in [4.78, 5) is 19.8. The molecule has 1 aromatic carbocycles. The average Bonchev–Trinajstić information content (AvgIpc) is 2.86. The molecule has 3 heterocycles. The van der Waals surface area contributed by atoms with Crippen LogP contribution in [0.4, 0.5) is 5.69 Å². The molecule has 5 nitrogen and oxygen atoms in total. The first-order valence-electron chi connectivity index (χ1n) is 7.42. The van der Waals surface area contributed by atoms with Crippen molar-refractivity contribution in [3.8, 4) is 0 Å². The van der Waals surface area contributed by atoms with Crippen LogP contribution >= 0.6 is 0 Å². The molecule has 0 bridgehead atoms. The van der Waals surface area contributed by atoms with Crippen LogP contribution in [0.1, 0.15) is 17.7 Å². The number of anilines is 1. The zero-order valence-corrected chi connectivity index (χ0v) is 12.3. The third-order valence-corrected chi connectivity index (χ3v) is 4.09. The van der Waals surface area contributed by atoms with E-state index >= 15 is 0 Å². The van der Waals surface area contributed by atoms with Gasteiger partial charge in [0, 0.05) is 34.4 Å². The summed E-state index contributed by atoms with van der Waals surface area (Å²) < 4.78 is 0. The van der Waals surface area contributed by atoms with Crippen molar-refractivity contribution in [2.45, 2.75) is 6.42 Å². The highest BCUT2D eigenvalue weighted by Gasteiger charge is 2.25. The van der Waals surface area contributed by atoms with Gasteiger partial charge < -0.3 is 15.4 Å². The minimum absolute atomic E-state index is 0.126. The maximum absolute atomic E-state index is 12.2. The van der Waals surface area contributed by atoms with Gasteiger partial charge in [0.1, 0.15) is 0 Å². The summed E-state index contributed by atoms with van der Waals surface area (Å²) in [6.07, 6.45) is 3.61. The lowest BCUT2D eigenvalue weighted by molar-refractivity contribution is -0.115. The molecule has 114 valence electrons. The van der Waals surface area contributed by atoms with Crippen LogP contribution in [0.3, 0.4) is 0 Å². The number of nitrogens with one attached hydrogen (secondary N) is 2. The van der Waals surface area contributed by atoms with Gasteiger partial charge in [-0.3, -0.25) is 9.78 Å². The van der Waals surface area contributed by atoms with E-state index in [-0.39, 0.29) is 18.9 Å². The highest BCUT2D eigenvalue weighted by molar-refractivity contribution is 6.10. The highest BCUT2D eigenvalue weighted by Crippen LogP contribution is 2.39. The largest absolute Gasteiger partial charge is 0.392 e. The lowest BCUT2D eigenvalue weighted by Crippen LogP contribution is -2.11. The third-order valence-electron chi connectivity index (χ3n) is 4.09. The number of aliphatic hydroxyl groups excluding tert-OH is 1. The number of H-pyrrole nitrogens is 1. The second-order valence-electron chi connectivity index (χ2n) is 5.52. The maximum Gasteiger partial charge on any atom is 0.228 e. The normalized spacial score (nSPS) is 14.6. The van der Waals surface area contributed by atoms with Gasteiger partial charge in [0.15, 0.2) is 0 Å². The summed E-state index contributed by atoms with van der Waals surface area (Å²) in [5, 5.41) is 13.7. The molecule has 0 aliphatic carbocycles. The fourth-order valence-electron chi connectivity index (χ4n) is 3.10. The highest BCUT2D eigenvalue weighted by atomic mass is 16.3. The van der Waals surface area contributed by atoms with E-state index in [9.17, 15) is 9.90 Å². The molecule has 0 radical (unpaired) electrons. The van der Waals surface area contributed by atoms with E-state index in [2.05, 4.69) is 15.3 Å². The van der Waals surface area contributed by atoms with Crippen LogP contribution in [0.25, 0.3) is 16.5 Å². The van der Waals surface area contributed by atoms with Crippen LogP contribution in [0, 0.1) is 0 Å². The lowest BCUT2D eigenvalue weighted by Gasteiger charge is -2.10. The van der Waals surface area contributed by atoms with Gasteiger partial charge in [-0.1, -0.05) is 24.3 Å². The number of hydrogen-bond acceptors (Lipinski definition) is 3. The smallest absolute Gasteiger partial charge is 0.228 e. The van der Waals surface area contributed by atoms with Crippen LogP contribution in [0.5, 0.6) is 0 Å². The zero-order valence-electron chi connectivity index (χ0n) is 12.3. The number of fused-ring (bicyclic) bond motifs is 3. The number of pyridine rings is 1. The minimum Gasteiger partial charge on any atom is -0.392 e. The van der Waals surface area contributed by atoms with E-state index in [1.54, 1.807) is 12.4 Å². The number of para-hydroxylation sites is 1. The van der Waals surface area contributed by atoms with E-state index in [1.165, 1.54) is 0 Å². The van der Waals surface area contributed by atoms with Crippen LogP contribution in [0.2, 0.25) is 0 Å². The van der Waals surface area contributed by atoms with Crippen molar-refractivity contribution in [1.82, 2.24) is 9.97 Å². The van der Waals surface area contributed by atoms with Gasteiger partial charge in [0.25, 0.3) is 0 Å². The molecule has 4 rings (SSSR count). The molecule has 1 amide bonds. The van der Waals surface area contributed by atoms with Crippen molar-refractivity contribution in [1.29, 1.82) is 0 Å². The number of rotatable bonds is 2. The Morgan fingerprint density at radius 2 is 2.04 bits per heavy atom. The standard InChI is InChI=1S/C18H15N3O2/c22-10-12-8-15(23)21-17-13-5-1-2-6-14(13)20-18(17)16(12)11-4-3-7-19-9-11/h1-7,9,20,22H,8,10H2,(H,21,23). The molecule has 0 fully saturated rings. The Kier molecular flexibility index (Phi) is 3.20. The molecule has 1 aliphatic rings. The van der Waals surface area contributed by atoms with Gasteiger partial charge >= 0.3 is 0 Å². The monoisotopic (exact) mass is 305 g/mol. The number of carbonyl (C=O) groups is 1.